The first-order chi connectivity index (χ1) is 5.33. The fourth-order valence-corrected chi connectivity index (χ4v) is 1.04. The number of aliphatic hydroxyl groups is 1. The van der Waals surface area contributed by atoms with Crippen LogP contribution in [0.15, 0.2) is 36.5 Å². The lowest BCUT2D eigenvalue weighted by atomic mass is 10.0. The molecule has 0 saturated carbocycles. The Balaban J connectivity index is 2.67. The smallest absolute Gasteiger partial charge is 0.0905 e. The van der Waals surface area contributed by atoms with E-state index >= 15 is 0 Å². The maximum Gasteiger partial charge on any atom is 0.0905 e. The third-order valence-electron chi connectivity index (χ3n) is 1.80. The fraction of sp³-hybridized carbons (Fsp3) is 0.400. The van der Waals surface area contributed by atoms with E-state index in [1.54, 1.807) is 6.08 Å². The zero-order valence-electron chi connectivity index (χ0n) is 6.77. The zero-order valence-corrected chi connectivity index (χ0v) is 6.77. The number of rotatable bonds is 1. The predicted molar refractivity (Wildman–Crippen MR) is 47.2 cm³/mol. The maximum absolute atomic E-state index is 9.22. The Morgan fingerprint density at radius 3 is 2.55 bits per heavy atom. The van der Waals surface area contributed by atoms with Crippen LogP contribution in [0.4, 0.5) is 0 Å². The molecule has 1 N–H and O–H groups in total. The minimum absolute atomic E-state index is 0.408. The van der Waals surface area contributed by atoms with E-state index in [-0.39, 0.29) is 0 Å². The monoisotopic (exact) mass is 150 g/mol. The predicted octanol–water partition coefficient (Wildman–Crippen LogP) is 2.06. The van der Waals surface area contributed by atoms with Crippen LogP contribution in [-0.2, 0) is 0 Å². The Kier molecular flexibility index (Phi) is 3.12. The van der Waals surface area contributed by atoms with Crippen molar-refractivity contribution in [1.29, 1.82) is 0 Å². The molecule has 0 saturated heterocycles. The second kappa shape index (κ2) is 4.14. The van der Waals surface area contributed by atoms with E-state index in [1.807, 2.05) is 24.3 Å². The molecule has 11 heavy (non-hydrogen) atoms. The molecule has 0 unspecified atom stereocenters. The first kappa shape index (κ1) is 8.28. The van der Waals surface area contributed by atoms with Crippen molar-refractivity contribution in [3.63, 3.8) is 0 Å². The van der Waals surface area contributed by atoms with E-state index in [2.05, 4.69) is 13.0 Å². The SMILES string of the molecule is CC[C@H]1C=C[C@H](O)C=C/C=C\1. The van der Waals surface area contributed by atoms with Crippen LogP contribution in [0.25, 0.3) is 0 Å². The molecule has 1 aliphatic carbocycles. The lowest BCUT2D eigenvalue weighted by Gasteiger charge is -2.05. The number of hydrogen-bond donors (Lipinski definition) is 1. The summed E-state index contributed by atoms with van der Waals surface area (Å²) in [6.07, 6.45) is 12.3. The van der Waals surface area contributed by atoms with Gasteiger partial charge in [0.05, 0.1) is 6.10 Å². The molecular formula is C10H14O. The van der Waals surface area contributed by atoms with Crippen molar-refractivity contribution >= 4 is 0 Å². The molecule has 0 aliphatic heterocycles. The second-order valence-electron chi connectivity index (χ2n) is 2.72. The normalized spacial score (nSPS) is 32.9. The molecule has 0 radical (unpaired) electrons. The third kappa shape index (κ3) is 2.72. The fourth-order valence-electron chi connectivity index (χ4n) is 1.04. The molecule has 1 nitrogen and oxygen atoms in total. The van der Waals surface area contributed by atoms with Gasteiger partial charge in [-0.1, -0.05) is 43.4 Å². The van der Waals surface area contributed by atoms with Crippen molar-refractivity contribution in [3.05, 3.63) is 36.5 Å². The highest BCUT2D eigenvalue weighted by molar-refractivity contribution is 5.16. The van der Waals surface area contributed by atoms with Crippen molar-refractivity contribution in [1.82, 2.24) is 0 Å². The van der Waals surface area contributed by atoms with Gasteiger partial charge >= 0.3 is 0 Å². The summed E-state index contributed by atoms with van der Waals surface area (Å²) in [5, 5.41) is 9.22. The van der Waals surface area contributed by atoms with Gasteiger partial charge in [0.15, 0.2) is 0 Å². The van der Waals surface area contributed by atoms with Gasteiger partial charge in [-0.15, -0.1) is 0 Å². The van der Waals surface area contributed by atoms with Gasteiger partial charge in [-0.05, 0) is 12.3 Å². The van der Waals surface area contributed by atoms with Crippen LogP contribution in [0.5, 0.6) is 0 Å². The molecular weight excluding hydrogens is 136 g/mol. The van der Waals surface area contributed by atoms with Crippen molar-refractivity contribution in [2.24, 2.45) is 5.92 Å². The van der Waals surface area contributed by atoms with Gasteiger partial charge in [0.2, 0.25) is 0 Å². The first-order valence-corrected chi connectivity index (χ1v) is 4.04. The number of allylic oxidation sites excluding steroid dienone is 4. The summed E-state index contributed by atoms with van der Waals surface area (Å²) in [4.78, 5) is 0. The average Bonchev–Trinajstić information content (AvgIpc) is 1.98. The van der Waals surface area contributed by atoms with E-state index in [0.29, 0.717) is 5.92 Å². The van der Waals surface area contributed by atoms with Gasteiger partial charge in [0, 0.05) is 0 Å². The third-order valence-corrected chi connectivity index (χ3v) is 1.80. The standard InChI is InChI=1S/C10H14O/c1-2-9-5-3-4-6-10(11)8-7-9/h3-11H,2H2,1H3/b5-3-,6-4?,8-7?/t9-,10-/m1/s1. The van der Waals surface area contributed by atoms with Crippen molar-refractivity contribution in [2.75, 3.05) is 0 Å². The molecule has 0 aromatic rings. The minimum atomic E-state index is -0.408. The summed E-state index contributed by atoms with van der Waals surface area (Å²) >= 11 is 0. The summed E-state index contributed by atoms with van der Waals surface area (Å²) in [6, 6.07) is 0. The Labute approximate surface area is 67.7 Å². The summed E-state index contributed by atoms with van der Waals surface area (Å²) in [5.74, 6) is 0.481. The van der Waals surface area contributed by atoms with Gasteiger partial charge < -0.3 is 5.11 Å². The topological polar surface area (TPSA) is 20.2 Å². The highest BCUT2D eigenvalue weighted by Gasteiger charge is 1.98. The molecule has 2 atom stereocenters. The molecule has 0 aromatic heterocycles. The van der Waals surface area contributed by atoms with Gasteiger partial charge in [-0.3, -0.25) is 0 Å². The molecule has 1 rings (SSSR count). The van der Waals surface area contributed by atoms with Gasteiger partial charge in [0.25, 0.3) is 0 Å². The summed E-state index contributed by atoms with van der Waals surface area (Å²) in [7, 11) is 0. The van der Waals surface area contributed by atoms with Crippen LogP contribution in [-0.4, -0.2) is 11.2 Å². The van der Waals surface area contributed by atoms with E-state index in [9.17, 15) is 5.11 Å². The summed E-state index contributed by atoms with van der Waals surface area (Å²) < 4.78 is 0. The molecule has 0 spiro atoms. The van der Waals surface area contributed by atoms with E-state index < -0.39 is 6.10 Å². The molecule has 0 fully saturated rings. The van der Waals surface area contributed by atoms with Crippen LogP contribution in [0.3, 0.4) is 0 Å². The minimum Gasteiger partial charge on any atom is -0.385 e. The molecule has 0 amide bonds. The lowest BCUT2D eigenvalue weighted by Crippen LogP contribution is -1.99. The second-order valence-corrected chi connectivity index (χ2v) is 2.72. The lowest BCUT2D eigenvalue weighted by molar-refractivity contribution is 0.271. The molecule has 1 aliphatic rings. The van der Waals surface area contributed by atoms with Crippen LogP contribution in [0.1, 0.15) is 13.3 Å². The van der Waals surface area contributed by atoms with Crippen LogP contribution in [0.2, 0.25) is 0 Å². The first-order valence-electron chi connectivity index (χ1n) is 4.04. The van der Waals surface area contributed by atoms with Crippen LogP contribution < -0.4 is 0 Å². The largest absolute Gasteiger partial charge is 0.385 e. The number of aliphatic hydroxyl groups excluding tert-OH is 1. The Bertz CT molecular complexity index is 189. The van der Waals surface area contributed by atoms with Gasteiger partial charge in [0.1, 0.15) is 0 Å². The molecule has 1 heteroatoms. The molecule has 0 aromatic carbocycles. The molecule has 60 valence electrons. The highest BCUT2D eigenvalue weighted by atomic mass is 16.3. The Hall–Kier alpha value is -0.820. The van der Waals surface area contributed by atoms with Gasteiger partial charge in [-0.25, -0.2) is 0 Å². The summed E-state index contributed by atoms with van der Waals surface area (Å²) in [5.41, 5.74) is 0. The van der Waals surface area contributed by atoms with Gasteiger partial charge in [-0.2, -0.15) is 0 Å². The number of hydrogen-bond acceptors (Lipinski definition) is 1. The van der Waals surface area contributed by atoms with Crippen molar-refractivity contribution in [2.45, 2.75) is 19.4 Å². The maximum atomic E-state index is 9.22. The van der Waals surface area contributed by atoms with E-state index in [0.717, 1.165) is 6.42 Å². The van der Waals surface area contributed by atoms with Crippen LogP contribution >= 0.6 is 0 Å². The van der Waals surface area contributed by atoms with E-state index in [1.165, 1.54) is 0 Å². The zero-order chi connectivity index (χ0) is 8.10. The highest BCUT2D eigenvalue weighted by Crippen LogP contribution is 2.09. The quantitative estimate of drug-likeness (QED) is 0.567. The van der Waals surface area contributed by atoms with Crippen molar-refractivity contribution in [3.8, 4) is 0 Å². The van der Waals surface area contributed by atoms with Crippen LogP contribution in [0, 0.1) is 5.92 Å². The summed E-state index contributed by atoms with van der Waals surface area (Å²) in [6.45, 7) is 2.14. The molecule has 0 bridgehead atoms. The Morgan fingerprint density at radius 1 is 1.09 bits per heavy atom. The van der Waals surface area contributed by atoms with Crippen molar-refractivity contribution < 1.29 is 5.11 Å². The average molecular weight is 150 g/mol. The molecule has 0 heterocycles. The Morgan fingerprint density at radius 2 is 1.82 bits per heavy atom. The van der Waals surface area contributed by atoms with E-state index in [4.69, 9.17) is 0 Å².